The Morgan fingerprint density at radius 1 is 1.30 bits per heavy atom. The molecule has 0 saturated carbocycles. The second-order valence-corrected chi connectivity index (χ2v) is 5.42. The lowest BCUT2D eigenvalue weighted by atomic mass is 10.1. The lowest BCUT2D eigenvalue weighted by Crippen LogP contribution is -2.13. The van der Waals surface area contributed by atoms with E-state index in [-0.39, 0.29) is 11.5 Å². The van der Waals surface area contributed by atoms with Gasteiger partial charge in [-0.1, -0.05) is 12.1 Å². The molecule has 0 spiro atoms. The molecule has 0 aliphatic heterocycles. The van der Waals surface area contributed by atoms with E-state index in [1.807, 2.05) is 55.6 Å². The summed E-state index contributed by atoms with van der Waals surface area (Å²) in [5.74, 6) is -0.385. The maximum atomic E-state index is 12.1. The third kappa shape index (κ3) is 3.34. The topological polar surface area (TPSA) is 52.9 Å². The fourth-order valence-electron chi connectivity index (χ4n) is 1.68. The van der Waals surface area contributed by atoms with Gasteiger partial charge in [-0.05, 0) is 54.6 Å². The Bertz CT molecular complexity index is 694. The monoisotopic (exact) mass is 282 g/mol. The summed E-state index contributed by atoms with van der Waals surface area (Å²) in [5.41, 5.74) is 3.07. The average Bonchev–Trinajstić information content (AvgIpc) is 2.93. The zero-order chi connectivity index (χ0) is 14.5. The van der Waals surface area contributed by atoms with Crippen LogP contribution in [-0.2, 0) is 4.79 Å². The second-order valence-electron chi connectivity index (χ2n) is 4.44. The molecule has 1 aromatic heterocycles. The number of nitriles is 1. The smallest absolute Gasteiger partial charge is 0.266 e. The standard InChI is InChI=1S/C16H14N2OS/c1-11-5-6-14(8-12(11)2)18-16(19)13(10-17)9-15-4-3-7-20-15/h3-9H,1-2H3,(H,18,19). The Hall–Kier alpha value is -2.38. The van der Waals surface area contributed by atoms with Gasteiger partial charge in [0.1, 0.15) is 11.6 Å². The number of hydrogen-bond acceptors (Lipinski definition) is 3. The van der Waals surface area contributed by atoms with Crippen LogP contribution in [0.2, 0.25) is 0 Å². The molecule has 0 saturated heterocycles. The molecule has 4 heteroatoms. The largest absolute Gasteiger partial charge is 0.321 e. The molecule has 0 fully saturated rings. The predicted octanol–water partition coefficient (Wildman–Crippen LogP) is 3.91. The zero-order valence-electron chi connectivity index (χ0n) is 11.3. The molecule has 0 aliphatic carbocycles. The number of aryl methyl sites for hydroxylation is 2. The first-order valence-corrected chi connectivity index (χ1v) is 7.02. The SMILES string of the molecule is Cc1ccc(NC(=O)C(C#N)=Cc2cccs2)cc1C. The number of rotatable bonds is 3. The van der Waals surface area contributed by atoms with E-state index in [2.05, 4.69) is 5.32 Å². The predicted molar refractivity (Wildman–Crippen MR) is 82.5 cm³/mol. The van der Waals surface area contributed by atoms with Gasteiger partial charge in [-0.15, -0.1) is 11.3 Å². The first-order chi connectivity index (χ1) is 9.60. The minimum atomic E-state index is -0.385. The number of amides is 1. The van der Waals surface area contributed by atoms with Crippen LogP contribution in [0.4, 0.5) is 5.69 Å². The average molecular weight is 282 g/mol. The van der Waals surface area contributed by atoms with Crippen molar-refractivity contribution in [3.05, 3.63) is 57.3 Å². The molecule has 3 nitrogen and oxygen atoms in total. The van der Waals surface area contributed by atoms with Crippen molar-refractivity contribution >= 4 is 29.0 Å². The number of carbonyl (C=O) groups excluding carboxylic acids is 1. The lowest BCUT2D eigenvalue weighted by molar-refractivity contribution is -0.112. The Labute approximate surface area is 122 Å². The summed E-state index contributed by atoms with van der Waals surface area (Å²) in [4.78, 5) is 13.0. The Balaban J connectivity index is 2.18. The van der Waals surface area contributed by atoms with Gasteiger partial charge < -0.3 is 5.32 Å². The van der Waals surface area contributed by atoms with Crippen molar-refractivity contribution in [2.24, 2.45) is 0 Å². The lowest BCUT2D eigenvalue weighted by Gasteiger charge is -2.06. The Morgan fingerprint density at radius 2 is 2.10 bits per heavy atom. The number of thiophene rings is 1. The van der Waals surface area contributed by atoms with Crippen LogP contribution in [-0.4, -0.2) is 5.91 Å². The minimum Gasteiger partial charge on any atom is -0.321 e. The van der Waals surface area contributed by atoms with Gasteiger partial charge in [0.15, 0.2) is 0 Å². The third-order valence-electron chi connectivity index (χ3n) is 2.96. The molecular weight excluding hydrogens is 268 g/mol. The highest BCUT2D eigenvalue weighted by atomic mass is 32.1. The van der Waals surface area contributed by atoms with Crippen LogP contribution < -0.4 is 5.32 Å². The van der Waals surface area contributed by atoms with E-state index in [0.29, 0.717) is 5.69 Å². The summed E-state index contributed by atoms with van der Waals surface area (Å²) in [5, 5.41) is 13.8. The number of anilines is 1. The van der Waals surface area contributed by atoms with E-state index in [9.17, 15) is 4.79 Å². The number of nitrogens with zero attached hydrogens (tertiary/aromatic N) is 1. The Morgan fingerprint density at radius 3 is 2.70 bits per heavy atom. The first kappa shape index (κ1) is 14.0. The summed E-state index contributed by atoms with van der Waals surface area (Å²) in [7, 11) is 0. The number of nitrogens with one attached hydrogen (secondary N) is 1. The number of hydrogen-bond donors (Lipinski definition) is 1. The molecular formula is C16H14N2OS. The summed E-state index contributed by atoms with van der Waals surface area (Å²) >= 11 is 1.49. The van der Waals surface area contributed by atoms with Gasteiger partial charge in [0.2, 0.25) is 0 Å². The number of carbonyl (C=O) groups is 1. The molecule has 1 heterocycles. The van der Waals surface area contributed by atoms with Gasteiger partial charge in [-0.2, -0.15) is 5.26 Å². The van der Waals surface area contributed by atoms with Crippen molar-refractivity contribution < 1.29 is 4.79 Å². The van der Waals surface area contributed by atoms with Gasteiger partial charge in [0, 0.05) is 10.6 Å². The van der Waals surface area contributed by atoms with Crippen molar-refractivity contribution in [1.82, 2.24) is 0 Å². The van der Waals surface area contributed by atoms with E-state index in [4.69, 9.17) is 5.26 Å². The highest BCUT2D eigenvalue weighted by Gasteiger charge is 2.10. The van der Waals surface area contributed by atoms with Gasteiger partial charge in [-0.25, -0.2) is 0 Å². The first-order valence-electron chi connectivity index (χ1n) is 6.14. The third-order valence-corrected chi connectivity index (χ3v) is 3.78. The fraction of sp³-hybridized carbons (Fsp3) is 0.125. The molecule has 2 rings (SSSR count). The molecule has 100 valence electrons. The molecule has 0 bridgehead atoms. The molecule has 0 unspecified atom stereocenters. The van der Waals surface area contributed by atoms with E-state index < -0.39 is 0 Å². The van der Waals surface area contributed by atoms with E-state index in [0.717, 1.165) is 16.0 Å². The van der Waals surface area contributed by atoms with Crippen LogP contribution in [0.5, 0.6) is 0 Å². The summed E-state index contributed by atoms with van der Waals surface area (Å²) in [6, 6.07) is 11.4. The van der Waals surface area contributed by atoms with Crippen molar-refractivity contribution in [2.75, 3.05) is 5.32 Å². The minimum absolute atomic E-state index is 0.102. The van der Waals surface area contributed by atoms with Gasteiger partial charge in [0.25, 0.3) is 5.91 Å². The van der Waals surface area contributed by atoms with Crippen LogP contribution in [0.1, 0.15) is 16.0 Å². The van der Waals surface area contributed by atoms with Crippen molar-refractivity contribution in [2.45, 2.75) is 13.8 Å². The van der Waals surface area contributed by atoms with Crippen LogP contribution in [0.3, 0.4) is 0 Å². The molecule has 1 N–H and O–H groups in total. The van der Waals surface area contributed by atoms with E-state index in [1.165, 1.54) is 11.3 Å². The van der Waals surface area contributed by atoms with Crippen LogP contribution in [0.25, 0.3) is 6.08 Å². The molecule has 0 aliphatic rings. The quantitative estimate of drug-likeness (QED) is 0.685. The molecule has 20 heavy (non-hydrogen) atoms. The number of benzene rings is 1. The van der Waals surface area contributed by atoms with Crippen molar-refractivity contribution in [1.29, 1.82) is 5.26 Å². The van der Waals surface area contributed by atoms with Gasteiger partial charge >= 0.3 is 0 Å². The fourth-order valence-corrected chi connectivity index (χ4v) is 2.34. The molecule has 1 amide bonds. The summed E-state index contributed by atoms with van der Waals surface area (Å²) in [6.45, 7) is 4.00. The van der Waals surface area contributed by atoms with Gasteiger partial charge in [-0.3, -0.25) is 4.79 Å². The van der Waals surface area contributed by atoms with E-state index in [1.54, 1.807) is 6.08 Å². The molecule has 0 atom stereocenters. The van der Waals surface area contributed by atoms with Crippen molar-refractivity contribution in [3.63, 3.8) is 0 Å². The van der Waals surface area contributed by atoms with Crippen LogP contribution in [0.15, 0.2) is 41.3 Å². The van der Waals surface area contributed by atoms with Crippen molar-refractivity contribution in [3.8, 4) is 6.07 Å². The molecule has 2 aromatic rings. The van der Waals surface area contributed by atoms with Crippen LogP contribution in [0, 0.1) is 25.2 Å². The maximum absolute atomic E-state index is 12.1. The van der Waals surface area contributed by atoms with Gasteiger partial charge in [0.05, 0.1) is 0 Å². The second kappa shape index (κ2) is 6.18. The molecule has 1 aromatic carbocycles. The van der Waals surface area contributed by atoms with E-state index >= 15 is 0 Å². The molecule has 0 radical (unpaired) electrons. The highest BCUT2D eigenvalue weighted by molar-refractivity contribution is 7.10. The maximum Gasteiger partial charge on any atom is 0.266 e. The Kier molecular flexibility index (Phi) is 4.34. The zero-order valence-corrected chi connectivity index (χ0v) is 12.1. The highest BCUT2D eigenvalue weighted by Crippen LogP contribution is 2.17. The summed E-state index contributed by atoms with van der Waals surface area (Å²) < 4.78 is 0. The summed E-state index contributed by atoms with van der Waals surface area (Å²) in [6.07, 6.45) is 1.60. The van der Waals surface area contributed by atoms with Crippen LogP contribution >= 0.6 is 11.3 Å². The normalized spacial score (nSPS) is 10.9.